The number of H-pyrrole nitrogens is 2. The molecule has 7 nitrogen and oxygen atoms in total. The highest BCUT2D eigenvalue weighted by molar-refractivity contribution is 7.96. The van der Waals surface area contributed by atoms with Crippen LogP contribution in [0.2, 0.25) is 0 Å². The van der Waals surface area contributed by atoms with Gasteiger partial charge in [0.25, 0.3) is 0 Å². The zero-order valence-corrected chi connectivity index (χ0v) is 15.6. The minimum atomic E-state index is -4.42. The fourth-order valence-corrected chi connectivity index (χ4v) is 3.99. The van der Waals surface area contributed by atoms with Crippen molar-refractivity contribution in [1.82, 2.24) is 24.5 Å². The number of piperazine rings is 1. The van der Waals surface area contributed by atoms with Crippen molar-refractivity contribution >= 4 is 28.8 Å². The summed E-state index contributed by atoms with van der Waals surface area (Å²) in [6.07, 6.45) is 0.474. The molecule has 1 fully saturated rings. The van der Waals surface area contributed by atoms with E-state index < -0.39 is 17.8 Å². The molecule has 3 aromatic heterocycles. The van der Waals surface area contributed by atoms with Crippen LogP contribution in [-0.4, -0.2) is 62.6 Å². The molecule has 0 radical (unpaired) electrons. The number of pyridine rings is 2. The third kappa shape index (κ3) is 3.47. The number of nitrogens with zero attached hydrogens (tertiary/aromatic N) is 4. The van der Waals surface area contributed by atoms with Crippen LogP contribution in [0.25, 0.3) is 22.2 Å². The molecule has 11 heteroatoms. The first-order valence-corrected chi connectivity index (χ1v) is 9.70. The molecule has 1 atom stereocenters. The molecule has 0 bridgehead atoms. The maximum atomic E-state index is 13.7. The number of hydrogen-bond acceptors (Lipinski definition) is 6. The molecule has 0 aromatic carbocycles. The third-order valence-electron chi connectivity index (χ3n) is 4.78. The van der Waals surface area contributed by atoms with Crippen molar-refractivity contribution in [2.45, 2.75) is 12.2 Å². The predicted octanol–water partition coefficient (Wildman–Crippen LogP) is 2.64. The third-order valence-corrected chi connectivity index (χ3v) is 5.63. The van der Waals surface area contributed by atoms with Gasteiger partial charge in [0.15, 0.2) is 5.65 Å². The molecule has 0 amide bonds. The van der Waals surface area contributed by atoms with Crippen LogP contribution in [0, 0.1) is 0 Å². The average molecular weight is 410 g/mol. The first-order chi connectivity index (χ1) is 13.4. The molecule has 2 N–H and O–H groups in total. The Balaban J connectivity index is 1.78. The number of anilines is 1. The molecule has 4 rings (SSSR count). The van der Waals surface area contributed by atoms with Crippen LogP contribution in [0.3, 0.4) is 0 Å². The van der Waals surface area contributed by atoms with E-state index in [-0.39, 0.29) is 18.9 Å². The quantitative estimate of drug-likeness (QED) is 0.647. The Morgan fingerprint density at radius 1 is 1.29 bits per heavy atom. The van der Waals surface area contributed by atoms with Gasteiger partial charge < -0.3 is 9.88 Å². The summed E-state index contributed by atoms with van der Waals surface area (Å²) in [7, 11) is 0. The maximum absolute atomic E-state index is 13.7. The fourth-order valence-electron chi connectivity index (χ4n) is 3.43. The summed E-state index contributed by atoms with van der Waals surface area (Å²) >= 11 is 1.29. The van der Waals surface area contributed by atoms with Crippen LogP contribution < -0.4 is 10.5 Å². The molecule has 28 heavy (non-hydrogen) atoms. The number of alkyl halides is 3. The summed E-state index contributed by atoms with van der Waals surface area (Å²) in [4.78, 5) is 20.2. The van der Waals surface area contributed by atoms with Gasteiger partial charge in [-0.15, -0.1) is 0 Å². The van der Waals surface area contributed by atoms with Crippen molar-refractivity contribution in [2.24, 2.45) is 0 Å². The van der Waals surface area contributed by atoms with Crippen LogP contribution in [0.4, 0.5) is 19.0 Å². The summed E-state index contributed by atoms with van der Waals surface area (Å²) in [5, 5.41) is 7.38. The van der Waals surface area contributed by atoms with Crippen LogP contribution in [0.5, 0.6) is 0 Å². The lowest BCUT2D eigenvalue weighted by molar-refractivity contribution is -0.153. The molecule has 3 aromatic rings. The van der Waals surface area contributed by atoms with Crippen molar-refractivity contribution in [3.05, 3.63) is 40.9 Å². The topological polar surface area (TPSA) is 80.9 Å². The Labute approximate surface area is 162 Å². The summed E-state index contributed by atoms with van der Waals surface area (Å²) in [6.45, 7) is 0.446. The lowest BCUT2D eigenvalue weighted by Crippen LogP contribution is -2.58. The van der Waals surface area contributed by atoms with Gasteiger partial charge in [-0.3, -0.25) is 9.89 Å². The Kier molecular flexibility index (Phi) is 4.79. The number of fused-ring (bicyclic) bond motifs is 1. The second kappa shape index (κ2) is 7.13. The number of aromatic amines is 2. The van der Waals surface area contributed by atoms with E-state index in [9.17, 15) is 18.0 Å². The fraction of sp³-hybridized carbons (Fsp3) is 0.353. The first-order valence-electron chi connectivity index (χ1n) is 8.52. The highest BCUT2D eigenvalue weighted by Crippen LogP contribution is 2.34. The molecule has 0 spiro atoms. The molecule has 148 valence electrons. The van der Waals surface area contributed by atoms with Crippen molar-refractivity contribution in [3.8, 4) is 11.1 Å². The Hall–Kier alpha value is -2.53. The molecular weight excluding hydrogens is 393 g/mol. The van der Waals surface area contributed by atoms with Gasteiger partial charge in [0.05, 0.1) is 6.20 Å². The second-order valence-corrected chi connectivity index (χ2v) is 7.31. The van der Waals surface area contributed by atoms with Gasteiger partial charge in [-0.2, -0.15) is 18.3 Å². The first kappa shape index (κ1) is 18.8. The van der Waals surface area contributed by atoms with Gasteiger partial charge in [0, 0.05) is 37.3 Å². The molecule has 1 saturated heterocycles. The minimum Gasteiger partial charge on any atom is -0.344 e. The van der Waals surface area contributed by atoms with Gasteiger partial charge >= 0.3 is 6.18 Å². The van der Waals surface area contributed by atoms with E-state index in [2.05, 4.69) is 20.2 Å². The van der Waals surface area contributed by atoms with E-state index in [4.69, 9.17) is 0 Å². The van der Waals surface area contributed by atoms with E-state index in [1.165, 1.54) is 22.9 Å². The van der Waals surface area contributed by atoms with Gasteiger partial charge in [0.1, 0.15) is 11.9 Å². The van der Waals surface area contributed by atoms with Crippen LogP contribution in [-0.2, 0) is 0 Å². The number of hydrogen-bond donors (Lipinski definition) is 2. The molecule has 4 heterocycles. The monoisotopic (exact) mass is 410 g/mol. The van der Waals surface area contributed by atoms with Gasteiger partial charge in [-0.1, -0.05) is 11.9 Å². The smallest absolute Gasteiger partial charge is 0.344 e. The average Bonchev–Trinajstić information content (AvgIpc) is 3.15. The number of rotatable bonds is 3. The lowest BCUT2D eigenvalue weighted by atomic mass is 10.0. The molecule has 1 aliphatic rings. The highest BCUT2D eigenvalue weighted by Gasteiger charge is 2.47. The SMILES string of the molecule is CSN1CCN(c2cc(-c3ccnc4[nH]ncc34)cc(=O)[nH]2)C(C(F)(F)F)C1. The maximum Gasteiger partial charge on any atom is 0.410 e. The predicted molar refractivity (Wildman–Crippen MR) is 102 cm³/mol. The summed E-state index contributed by atoms with van der Waals surface area (Å²) in [5.74, 6) is 0.152. The summed E-state index contributed by atoms with van der Waals surface area (Å²) in [5.41, 5.74) is 1.27. The van der Waals surface area contributed by atoms with Crippen LogP contribution in [0.15, 0.2) is 35.4 Å². The Morgan fingerprint density at radius 2 is 2.11 bits per heavy atom. The van der Waals surface area contributed by atoms with Crippen LogP contribution in [0.1, 0.15) is 0 Å². The summed E-state index contributed by atoms with van der Waals surface area (Å²) in [6, 6.07) is 2.96. The Bertz CT molecular complexity index is 1050. The van der Waals surface area contributed by atoms with Crippen LogP contribution >= 0.6 is 11.9 Å². The summed E-state index contributed by atoms with van der Waals surface area (Å²) < 4.78 is 42.7. The van der Waals surface area contributed by atoms with Gasteiger partial charge in [-0.25, -0.2) is 9.29 Å². The number of halogens is 3. The van der Waals surface area contributed by atoms with E-state index in [0.717, 1.165) is 0 Å². The number of aromatic nitrogens is 4. The zero-order valence-electron chi connectivity index (χ0n) is 14.8. The molecule has 1 aliphatic heterocycles. The van der Waals surface area contributed by atoms with Crippen molar-refractivity contribution in [1.29, 1.82) is 0 Å². The standard InChI is InChI=1S/C17H17F3N6OS/c1-28-25-4-5-26(13(9-25)17(18,19)20)14-6-10(7-15(27)23-14)11-2-3-21-16-12(11)8-22-24-16/h2-3,6-8,13H,4-5,9H2,1H3,(H,23,27)(H,21,22,24). The minimum absolute atomic E-state index is 0.152. The van der Waals surface area contributed by atoms with E-state index in [0.29, 0.717) is 28.7 Å². The highest BCUT2D eigenvalue weighted by atomic mass is 32.2. The Morgan fingerprint density at radius 3 is 2.86 bits per heavy atom. The number of nitrogens with one attached hydrogen (secondary N) is 2. The molecule has 1 unspecified atom stereocenters. The van der Waals surface area contributed by atoms with Crippen molar-refractivity contribution in [3.63, 3.8) is 0 Å². The molecule has 0 saturated carbocycles. The van der Waals surface area contributed by atoms with E-state index in [1.54, 1.807) is 35.1 Å². The van der Waals surface area contributed by atoms with Gasteiger partial charge in [0.2, 0.25) is 5.56 Å². The van der Waals surface area contributed by atoms with Crippen molar-refractivity contribution in [2.75, 3.05) is 30.8 Å². The van der Waals surface area contributed by atoms with Crippen molar-refractivity contribution < 1.29 is 13.2 Å². The van der Waals surface area contributed by atoms with E-state index >= 15 is 0 Å². The second-order valence-electron chi connectivity index (χ2n) is 6.43. The van der Waals surface area contributed by atoms with E-state index in [1.807, 2.05) is 0 Å². The molecule has 0 aliphatic carbocycles. The molecular formula is C17H17F3N6OS. The zero-order chi connectivity index (χ0) is 19.9. The van der Waals surface area contributed by atoms with Gasteiger partial charge in [-0.05, 0) is 29.5 Å². The normalized spacial score (nSPS) is 18.7. The lowest BCUT2D eigenvalue weighted by Gasteiger charge is -2.42. The largest absolute Gasteiger partial charge is 0.410 e.